The van der Waals surface area contributed by atoms with Crippen LogP contribution in [-0.2, 0) is 4.79 Å². The zero-order valence-electron chi connectivity index (χ0n) is 14.0. The number of hydrogen-bond acceptors (Lipinski definition) is 4. The normalized spacial score (nSPS) is 19.7. The standard InChI is InChI=1S/C19H21N3O3/c1-13-6-8-14(9-7-13)21-16-5-3-2-4-15(16)17(23)22-11-10-19(25,12-22)18(20)24/h2-9,21,25H,10-12H2,1H3,(H2,20,24). The van der Waals surface area contributed by atoms with E-state index in [0.29, 0.717) is 11.3 Å². The summed E-state index contributed by atoms with van der Waals surface area (Å²) in [5.41, 5.74) is 6.78. The lowest BCUT2D eigenvalue weighted by atomic mass is 10.0. The Kier molecular flexibility index (Phi) is 4.46. The highest BCUT2D eigenvalue weighted by atomic mass is 16.3. The van der Waals surface area contributed by atoms with Crippen LogP contribution in [0.15, 0.2) is 48.5 Å². The molecular formula is C19H21N3O3. The number of β-amino-alcohol motifs (C(OH)–C–C–N with tert-alkyl or cyclic N) is 1. The van der Waals surface area contributed by atoms with Gasteiger partial charge >= 0.3 is 0 Å². The Morgan fingerprint density at radius 1 is 1.16 bits per heavy atom. The molecule has 25 heavy (non-hydrogen) atoms. The van der Waals surface area contributed by atoms with Crippen LogP contribution in [-0.4, -0.2) is 40.5 Å². The summed E-state index contributed by atoms with van der Waals surface area (Å²) in [6.45, 7) is 2.21. The molecule has 1 atom stereocenters. The minimum atomic E-state index is -1.64. The summed E-state index contributed by atoms with van der Waals surface area (Å²) in [6, 6.07) is 15.0. The largest absolute Gasteiger partial charge is 0.378 e. The summed E-state index contributed by atoms with van der Waals surface area (Å²) in [7, 11) is 0. The number of primary amides is 1. The fraction of sp³-hybridized carbons (Fsp3) is 0.263. The van der Waals surface area contributed by atoms with Crippen molar-refractivity contribution in [2.75, 3.05) is 18.4 Å². The van der Waals surface area contributed by atoms with E-state index in [2.05, 4.69) is 5.32 Å². The van der Waals surface area contributed by atoms with Crippen molar-refractivity contribution >= 4 is 23.2 Å². The van der Waals surface area contributed by atoms with E-state index in [1.54, 1.807) is 12.1 Å². The van der Waals surface area contributed by atoms with Crippen molar-refractivity contribution in [3.8, 4) is 0 Å². The van der Waals surface area contributed by atoms with E-state index in [1.807, 2.05) is 43.3 Å². The van der Waals surface area contributed by atoms with Crippen LogP contribution >= 0.6 is 0 Å². The van der Waals surface area contributed by atoms with Crippen LogP contribution in [0.3, 0.4) is 0 Å². The van der Waals surface area contributed by atoms with Gasteiger partial charge in [0.05, 0.1) is 17.8 Å². The Labute approximate surface area is 146 Å². The van der Waals surface area contributed by atoms with E-state index in [9.17, 15) is 14.7 Å². The number of anilines is 2. The van der Waals surface area contributed by atoms with Gasteiger partial charge in [0, 0.05) is 18.7 Å². The highest BCUT2D eigenvalue weighted by molar-refractivity contribution is 6.01. The molecule has 6 nitrogen and oxygen atoms in total. The molecule has 0 aliphatic carbocycles. The molecule has 1 heterocycles. The van der Waals surface area contributed by atoms with Gasteiger partial charge in [-0.3, -0.25) is 9.59 Å². The lowest BCUT2D eigenvalue weighted by molar-refractivity contribution is -0.134. The first-order valence-corrected chi connectivity index (χ1v) is 8.13. The van der Waals surface area contributed by atoms with Gasteiger partial charge in [0.2, 0.25) is 0 Å². The molecule has 0 bridgehead atoms. The zero-order chi connectivity index (χ0) is 18.0. The molecule has 1 fully saturated rings. The average Bonchev–Trinajstić information content (AvgIpc) is 3.01. The maximum atomic E-state index is 12.8. The molecule has 2 aromatic carbocycles. The molecule has 1 aliphatic rings. The first-order chi connectivity index (χ1) is 11.9. The van der Waals surface area contributed by atoms with Gasteiger partial charge in [-0.05, 0) is 31.2 Å². The van der Waals surface area contributed by atoms with Gasteiger partial charge in [-0.1, -0.05) is 29.8 Å². The van der Waals surface area contributed by atoms with Crippen LogP contribution < -0.4 is 11.1 Å². The van der Waals surface area contributed by atoms with Gasteiger partial charge in [0.1, 0.15) is 0 Å². The third kappa shape index (κ3) is 3.49. The highest BCUT2D eigenvalue weighted by Gasteiger charge is 2.43. The number of carbonyl (C=O) groups is 2. The molecule has 2 aromatic rings. The highest BCUT2D eigenvalue weighted by Crippen LogP contribution is 2.27. The number of nitrogens with two attached hydrogens (primary N) is 1. The van der Waals surface area contributed by atoms with Gasteiger partial charge in [-0.25, -0.2) is 0 Å². The van der Waals surface area contributed by atoms with Gasteiger partial charge in [-0.2, -0.15) is 0 Å². The van der Waals surface area contributed by atoms with Gasteiger partial charge < -0.3 is 21.1 Å². The summed E-state index contributed by atoms with van der Waals surface area (Å²) in [6.07, 6.45) is 0.154. The second-order valence-corrected chi connectivity index (χ2v) is 6.41. The topological polar surface area (TPSA) is 95.7 Å². The number of benzene rings is 2. The fourth-order valence-corrected chi connectivity index (χ4v) is 2.91. The zero-order valence-corrected chi connectivity index (χ0v) is 14.0. The molecule has 1 aliphatic heterocycles. The minimum Gasteiger partial charge on any atom is -0.378 e. The number of para-hydroxylation sites is 1. The molecule has 0 spiro atoms. The van der Waals surface area contributed by atoms with Crippen molar-refractivity contribution in [3.05, 3.63) is 59.7 Å². The summed E-state index contributed by atoms with van der Waals surface area (Å²) in [4.78, 5) is 25.7. The maximum absolute atomic E-state index is 12.8. The van der Waals surface area contributed by atoms with Crippen molar-refractivity contribution in [3.63, 3.8) is 0 Å². The van der Waals surface area contributed by atoms with Crippen molar-refractivity contribution in [2.24, 2.45) is 5.73 Å². The quantitative estimate of drug-likeness (QED) is 0.791. The number of likely N-dealkylation sites (tertiary alicyclic amines) is 1. The smallest absolute Gasteiger partial charge is 0.256 e. The first kappa shape index (κ1) is 17.0. The first-order valence-electron chi connectivity index (χ1n) is 8.13. The monoisotopic (exact) mass is 339 g/mol. The van der Waals surface area contributed by atoms with Crippen LogP contribution in [0.2, 0.25) is 0 Å². The molecular weight excluding hydrogens is 318 g/mol. The Balaban J connectivity index is 1.82. The number of nitrogens with one attached hydrogen (secondary N) is 1. The van der Waals surface area contributed by atoms with Crippen LogP contribution in [0.4, 0.5) is 11.4 Å². The predicted octanol–water partition coefficient (Wildman–Crippen LogP) is 1.80. The summed E-state index contributed by atoms with van der Waals surface area (Å²) < 4.78 is 0. The van der Waals surface area contributed by atoms with Gasteiger partial charge in [-0.15, -0.1) is 0 Å². The summed E-state index contributed by atoms with van der Waals surface area (Å²) in [5.74, 6) is -1.04. The Bertz CT molecular complexity index is 804. The Morgan fingerprint density at radius 3 is 2.48 bits per heavy atom. The van der Waals surface area contributed by atoms with Crippen molar-refractivity contribution in [1.82, 2.24) is 4.90 Å². The number of carbonyl (C=O) groups excluding carboxylic acids is 2. The summed E-state index contributed by atoms with van der Waals surface area (Å²) in [5, 5.41) is 13.4. The molecule has 4 N–H and O–H groups in total. The molecule has 3 rings (SSSR count). The molecule has 6 heteroatoms. The van der Waals surface area contributed by atoms with Crippen LogP contribution in [0.25, 0.3) is 0 Å². The maximum Gasteiger partial charge on any atom is 0.256 e. The second-order valence-electron chi connectivity index (χ2n) is 6.41. The van der Waals surface area contributed by atoms with Crippen molar-refractivity contribution in [2.45, 2.75) is 18.9 Å². The number of aryl methyl sites for hydroxylation is 1. The number of amides is 2. The van der Waals surface area contributed by atoms with Crippen LogP contribution in [0.1, 0.15) is 22.3 Å². The minimum absolute atomic E-state index is 0.0833. The SMILES string of the molecule is Cc1ccc(Nc2ccccc2C(=O)N2CCC(O)(C(N)=O)C2)cc1. The molecule has 1 unspecified atom stereocenters. The van der Waals surface area contributed by atoms with E-state index in [4.69, 9.17) is 5.73 Å². The van der Waals surface area contributed by atoms with E-state index in [-0.39, 0.29) is 25.4 Å². The molecule has 1 saturated heterocycles. The number of aliphatic hydroxyl groups is 1. The van der Waals surface area contributed by atoms with E-state index in [0.717, 1.165) is 11.3 Å². The van der Waals surface area contributed by atoms with E-state index in [1.165, 1.54) is 4.90 Å². The fourth-order valence-electron chi connectivity index (χ4n) is 2.91. The number of hydrogen-bond donors (Lipinski definition) is 3. The number of rotatable bonds is 4. The van der Waals surface area contributed by atoms with E-state index < -0.39 is 11.5 Å². The average molecular weight is 339 g/mol. The van der Waals surface area contributed by atoms with Crippen molar-refractivity contribution in [1.29, 1.82) is 0 Å². The lowest BCUT2D eigenvalue weighted by Gasteiger charge is -2.21. The molecule has 0 radical (unpaired) electrons. The Morgan fingerprint density at radius 2 is 1.84 bits per heavy atom. The third-order valence-electron chi connectivity index (χ3n) is 4.48. The van der Waals surface area contributed by atoms with Crippen molar-refractivity contribution < 1.29 is 14.7 Å². The molecule has 0 aromatic heterocycles. The van der Waals surface area contributed by atoms with Gasteiger partial charge in [0.25, 0.3) is 11.8 Å². The predicted molar refractivity (Wildman–Crippen MR) is 95.6 cm³/mol. The van der Waals surface area contributed by atoms with Crippen LogP contribution in [0, 0.1) is 6.92 Å². The molecule has 2 amide bonds. The Hall–Kier alpha value is -2.86. The van der Waals surface area contributed by atoms with Crippen LogP contribution in [0.5, 0.6) is 0 Å². The lowest BCUT2D eigenvalue weighted by Crippen LogP contribution is -2.46. The number of nitrogens with zero attached hydrogens (tertiary/aromatic N) is 1. The summed E-state index contributed by atoms with van der Waals surface area (Å²) >= 11 is 0. The second kappa shape index (κ2) is 6.57. The van der Waals surface area contributed by atoms with E-state index >= 15 is 0 Å². The third-order valence-corrected chi connectivity index (χ3v) is 4.48. The van der Waals surface area contributed by atoms with Gasteiger partial charge in [0.15, 0.2) is 5.60 Å². The molecule has 0 saturated carbocycles. The molecule has 130 valence electrons.